The van der Waals surface area contributed by atoms with Crippen LogP contribution in [-0.2, 0) is 21.4 Å². The van der Waals surface area contributed by atoms with E-state index < -0.39 is 10.0 Å². The van der Waals surface area contributed by atoms with Crippen LogP contribution in [0.25, 0.3) is 6.08 Å². The Labute approximate surface area is 159 Å². The number of benzene rings is 1. The second kappa shape index (κ2) is 10.0. The van der Waals surface area contributed by atoms with Crippen molar-refractivity contribution in [2.75, 3.05) is 32.5 Å². The largest absolute Gasteiger partial charge is 0.323 e. The van der Waals surface area contributed by atoms with Crippen molar-refractivity contribution in [2.45, 2.75) is 13.0 Å². The van der Waals surface area contributed by atoms with Crippen LogP contribution in [-0.4, -0.2) is 56.2 Å². The summed E-state index contributed by atoms with van der Waals surface area (Å²) in [5, 5.41) is 7.97. The van der Waals surface area contributed by atoms with E-state index in [4.69, 9.17) is 0 Å². The fourth-order valence-electron chi connectivity index (χ4n) is 2.16. The summed E-state index contributed by atoms with van der Waals surface area (Å²) >= 11 is 0. The first-order valence-electron chi connectivity index (χ1n) is 8.54. The van der Waals surface area contributed by atoms with Gasteiger partial charge in [-0.25, -0.2) is 13.1 Å². The van der Waals surface area contributed by atoms with Crippen LogP contribution in [0.5, 0.6) is 0 Å². The maximum atomic E-state index is 11.9. The van der Waals surface area contributed by atoms with Crippen molar-refractivity contribution in [3.63, 3.8) is 0 Å². The minimum Gasteiger partial charge on any atom is -0.323 e. The zero-order chi connectivity index (χ0) is 19.7. The van der Waals surface area contributed by atoms with Crippen molar-refractivity contribution in [3.8, 4) is 0 Å². The third kappa shape index (κ3) is 8.16. The SMILES string of the molecule is CN(C)CCn1cc(NC(=O)CCNS(=O)(=O)/C=C/c2ccccc2)cn1. The lowest BCUT2D eigenvalue weighted by molar-refractivity contribution is -0.116. The second-order valence-electron chi connectivity index (χ2n) is 6.25. The number of hydrogen-bond acceptors (Lipinski definition) is 5. The van der Waals surface area contributed by atoms with Gasteiger partial charge in [0.1, 0.15) is 0 Å². The highest BCUT2D eigenvalue weighted by atomic mass is 32.2. The summed E-state index contributed by atoms with van der Waals surface area (Å²) in [4.78, 5) is 14.0. The molecule has 2 rings (SSSR count). The van der Waals surface area contributed by atoms with E-state index in [0.717, 1.165) is 24.1 Å². The van der Waals surface area contributed by atoms with Gasteiger partial charge in [0, 0.05) is 31.1 Å². The first kappa shape index (κ1) is 20.8. The van der Waals surface area contributed by atoms with Crippen LogP contribution in [0, 0.1) is 0 Å². The number of carbonyl (C=O) groups is 1. The molecule has 1 heterocycles. The monoisotopic (exact) mass is 391 g/mol. The van der Waals surface area contributed by atoms with E-state index in [2.05, 4.69) is 15.1 Å². The number of hydrogen-bond donors (Lipinski definition) is 2. The molecule has 0 fully saturated rings. The molecule has 0 aliphatic carbocycles. The predicted octanol–water partition coefficient (Wildman–Crippen LogP) is 1.36. The molecule has 0 unspecified atom stereocenters. The molecule has 0 aliphatic rings. The molecule has 27 heavy (non-hydrogen) atoms. The van der Waals surface area contributed by atoms with Crippen molar-refractivity contribution in [3.05, 3.63) is 53.7 Å². The van der Waals surface area contributed by atoms with Crippen molar-refractivity contribution in [1.29, 1.82) is 0 Å². The van der Waals surface area contributed by atoms with Gasteiger partial charge in [0.2, 0.25) is 15.9 Å². The number of likely N-dealkylation sites (N-methyl/N-ethyl adjacent to an activating group) is 1. The molecule has 0 radical (unpaired) electrons. The van der Waals surface area contributed by atoms with Crippen molar-refractivity contribution in [1.82, 2.24) is 19.4 Å². The smallest absolute Gasteiger partial charge is 0.233 e. The fraction of sp³-hybridized carbons (Fsp3) is 0.333. The quantitative estimate of drug-likeness (QED) is 0.638. The van der Waals surface area contributed by atoms with Gasteiger partial charge in [-0.3, -0.25) is 9.48 Å². The minimum atomic E-state index is -3.59. The Kier molecular flexibility index (Phi) is 7.71. The molecule has 1 amide bonds. The molecule has 0 saturated carbocycles. The molecule has 0 atom stereocenters. The van der Waals surface area contributed by atoms with Gasteiger partial charge in [-0.1, -0.05) is 30.3 Å². The first-order chi connectivity index (χ1) is 12.8. The van der Waals surface area contributed by atoms with Crippen LogP contribution in [0.4, 0.5) is 5.69 Å². The second-order valence-corrected chi connectivity index (χ2v) is 7.90. The van der Waals surface area contributed by atoms with E-state index in [-0.39, 0.29) is 18.9 Å². The van der Waals surface area contributed by atoms with Gasteiger partial charge >= 0.3 is 0 Å². The molecule has 0 aliphatic heterocycles. The molecule has 1 aromatic heterocycles. The third-order valence-corrected chi connectivity index (χ3v) is 4.69. The predicted molar refractivity (Wildman–Crippen MR) is 106 cm³/mol. The number of sulfonamides is 1. The summed E-state index contributed by atoms with van der Waals surface area (Å²) in [5.74, 6) is -0.281. The van der Waals surface area contributed by atoms with Gasteiger partial charge < -0.3 is 10.2 Å². The van der Waals surface area contributed by atoms with Gasteiger partial charge in [-0.15, -0.1) is 0 Å². The highest BCUT2D eigenvalue weighted by Crippen LogP contribution is 2.06. The van der Waals surface area contributed by atoms with Gasteiger partial charge in [0.25, 0.3) is 0 Å². The summed E-state index contributed by atoms with van der Waals surface area (Å²) in [5.41, 5.74) is 1.37. The van der Waals surface area contributed by atoms with E-state index in [1.807, 2.05) is 37.2 Å². The average Bonchev–Trinajstić information content (AvgIpc) is 3.06. The molecule has 2 aromatic rings. The summed E-state index contributed by atoms with van der Waals surface area (Å²) in [7, 11) is 0.358. The number of rotatable bonds is 10. The van der Waals surface area contributed by atoms with Crippen LogP contribution in [0.2, 0.25) is 0 Å². The Balaban J connectivity index is 1.74. The number of nitrogens with one attached hydrogen (secondary N) is 2. The molecular weight excluding hydrogens is 366 g/mol. The van der Waals surface area contributed by atoms with Crippen molar-refractivity contribution >= 4 is 27.7 Å². The molecule has 0 bridgehead atoms. The molecule has 0 saturated heterocycles. The highest BCUT2D eigenvalue weighted by Gasteiger charge is 2.08. The summed E-state index contributed by atoms with van der Waals surface area (Å²) in [6.45, 7) is 1.58. The summed E-state index contributed by atoms with van der Waals surface area (Å²) in [6, 6.07) is 9.12. The van der Waals surface area contributed by atoms with Crippen molar-refractivity contribution in [2.24, 2.45) is 0 Å². The van der Waals surface area contributed by atoms with E-state index in [1.165, 1.54) is 6.08 Å². The van der Waals surface area contributed by atoms with E-state index >= 15 is 0 Å². The maximum Gasteiger partial charge on any atom is 0.233 e. The Morgan fingerprint density at radius 2 is 2.00 bits per heavy atom. The molecular formula is C18H25N5O3S. The zero-order valence-corrected chi connectivity index (χ0v) is 16.3. The van der Waals surface area contributed by atoms with Crippen LogP contribution in [0.3, 0.4) is 0 Å². The van der Waals surface area contributed by atoms with Crippen LogP contribution < -0.4 is 10.0 Å². The Morgan fingerprint density at radius 3 is 2.70 bits per heavy atom. The van der Waals surface area contributed by atoms with Crippen molar-refractivity contribution < 1.29 is 13.2 Å². The number of aromatic nitrogens is 2. The molecule has 9 heteroatoms. The molecule has 146 valence electrons. The van der Waals surface area contributed by atoms with Crippen LogP contribution in [0.15, 0.2) is 48.1 Å². The van der Waals surface area contributed by atoms with Gasteiger partial charge in [-0.05, 0) is 25.7 Å². The molecule has 1 aromatic carbocycles. The summed E-state index contributed by atoms with van der Waals surface area (Å²) in [6.07, 6.45) is 4.85. The van der Waals surface area contributed by atoms with E-state index in [0.29, 0.717) is 5.69 Å². The van der Waals surface area contributed by atoms with Gasteiger partial charge in [-0.2, -0.15) is 5.10 Å². The normalized spacial score (nSPS) is 12.0. The van der Waals surface area contributed by atoms with E-state index in [1.54, 1.807) is 29.2 Å². The Hall–Kier alpha value is -2.49. The Bertz CT molecular complexity index is 860. The lowest BCUT2D eigenvalue weighted by Gasteiger charge is -2.08. The standard InChI is InChI=1S/C18H25N5O3S/c1-22(2)11-12-23-15-17(14-19-23)21-18(24)8-10-20-27(25,26)13-9-16-6-4-3-5-7-16/h3-7,9,13-15,20H,8,10-12H2,1-2H3,(H,21,24)/b13-9+. The van der Waals surface area contributed by atoms with Crippen LogP contribution >= 0.6 is 0 Å². The molecule has 0 spiro atoms. The van der Waals surface area contributed by atoms with Gasteiger partial charge in [0.05, 0.1) is 18.4 Å². The molecule has 8 nitrogen and oxygen atoms in total. The number of nitrogens with zero attached hydrogens (tertiary/aromatic N) is 3. The fourth-order valence-corrected chi connectivity index (χ4v) is 2.98. The summed E-state index contributed by atoms with van der Waals surface area (Å²) < 4.78 is 28.0. The average molecular weight is 391 g/mol. The maximum absolute atomic E-state index is 11.9. The zero-order valence-electron chi connectivity index (χ0n) is 15.5. The van der Waals surface area contributed by atoms with Crippen LogP contribution in [0.1, 0.15) is 12.0 Å². The number of amides is 1. The number of carbonyl (C=O) groups excluding carboxylic acids is 1. The molecule has 2 N–H and O–H groups in total. The third-order valence-electron chi connectivity index (χ3n) is 3.59. The first-order valence-corrected chi connectivity index (χ1v) is 10.1. The topological polar surface area (TPSA) is 96.3 Å². The minimum absolute atomic E-state index is 0.0159. The Morgan fingerprint density at radius 1 is 1.26 bits per heavy atom. The highest BCUT2D eigenvalue weighted by molar-refractivity contribution is 7.92. The lowest BCUT2D eigenvalue weighted by atomic mass is 10.2. The lowest BCUT2D eigenvalue weighted by Crippen LogP contribution is -2.26. The van der Waals surface area contributed by atoms with E-state index in [9.17, 15) is 13.2 Å². The van der Waals surface area contributed by atoms with Gasteiger partial charge in [0.15, 0.2) is 0 Å². The number of anilines is 1.